The van der Waals surface area contributed by atoms with E-state index >= 15 is 0 Å². The monoisotopic (exact) mass is 443 g/mol. The number of carbonyl (C=O) groups excluding carboxylic acids is 2. The van der Waals surface area contributed by atoms with Crippen molar-refractivity contribution in [1.29, 1.82) is 0 Å². The van der Waals surface area contributed by atoms with Crippen molar-refractivity contribution >= 4 is 30.2 Å². The Morgan fingerprint density at radius 1 is 1.09 bits per heavy atom. The second-order valence-corrected chi connectivity index (χ2v) is 10.3. The molecule has 3 rings (SSSR count). The maximum Gasteiger partial charge on any atom is 0.494 e. The Labute approximate surface area is 191 Å². The van der Waals surface area contributed by atoms with Gasteiger partial charge in [-0.3, -0.25) is 0 Å². The molecule has 0 aromatic heterocycles. The number of hydrogen-bond acceptors (Lipinski definition) is 6. The summed E-state index contributed by atoms with van der Waals surface area (Å²) >= 11 is 0. The molecule has 0 radical (unpaired) electrons. The van der Waals surface area contributed by atoms with Gasteiger partial charge >= 0.3 is 19.2 Å². The Balaban J connectivity index is 1.89. The predicted octanol–water partition coefficient (Wildman–Crippen LogP) is 3.80. The first kappa shape index (κ1) is 24.3. The van der Waals surface area contributed by atoms with Crippen molar-refractivity contribution in [3.8, 4) is 0 Å². The van der Waals surface area contributed by atoms with Crippen LogP contribution < -0.4 is 5.46 Å². The van der Waals surface area contributed by atoms with Gasteiger partial charge in [-0.1, -0.05) is 18.2 Å². The van der Waals surface area contributed by atoms with Crippen LogP contribution in [0.5, 0.6) is 0 Å². The molecule has 174 valence electrons. The molecule has 0 atom stereocenters. The Kier molecular flexibility index (Phi) is 6.51. The third-order valence-corrected chi connectivity index (χ3v) is 6.18. The first-order chi connectivity index (χ1) is 14.7. The molecule has 0 N–H and O–H groups in total. The van der Waals surface area contributed by atoms with Gasteiger partial charge in [0, 0.05) is 13.1 Å². The van der Waals surface area contributed by atoms with Gasteiger partial charge in [-0.2, -0.15) is 0 Å². The Bertz CT molecular complexity index is 915. The summed E-state index contributed by atoms with van der Waals surface area (Å²) in [5.41, 5.74) is 1.59. The molecule has 1 amide bonds. The minimum absolute atomic E-state index is 0.341. The van der Waals surface area contributed by atoms with E-state index in [2.05, 4.69) is 0 Å². The number of esters is 1. The number of methoxy groups -OCH3 is 1. The largest absolute Gasteiger partial charge is 0.494 e. The van der Waals surface area contributed by atoms with Crippen molar-refractivity contribution in [2.24, 2.45) is 0 Å². The molecule has 0 bridgehead atoms. The minimum Gasteiger partial charge on any atom is -0.465 e. The van der Waals surface area contributed by atoms with E-state index in [1.54, 1.807) is 11.0 Å². The third kappa shape index (κ3) is 5.02. The van der Waals surface area contributed by atoms with Gasteiger partial charge in [-0.15, -0.1) is 0 Å². The first-order valence-corrected chi connectivity index (χ1v) is 11.0. The second-order valence-electron chi connectivity index (χ2n) is 10.3. The highest BCUT2D eigenvalue weighted by Crippen LogP contribution is 2.37. The zero-order valence-corrected chi connectivity index (χ0v) is 20.4. The summed E-state index contributed by atoms with van der Waals surface area (Å²) in [6.07, 6.45) is 2.21. The van der Waals surface area contributed by atoms with Crippen molar-refractivity contribution in [3.05, 3.63) is 35.4 Å². The SMILES string of the molecule is COC(=O)c1ccc(B2OC(C)(C)C(C)(C)O2)cc1C1=CCN(C(=O)OC(C)(C)C)CC1. The molecule has 8 heteroatoms. The van der Waals surface area contributed by atoms with Gasteiger partial charge in [0.25, 0.3) is 0 Å². The lowest BCUT2D eigenvalue weighted by Crippen LogP contribution is -2.41. The number of benzene rings is 1. The van der Waals surface area contributed by atoms with E-state index in [4.69, 9.17) is 18.8 Å². The summed E-state index contributed by atoms with van der Waals surface area (Å²) in [7, 11) is 0.834. The summed E-state index contributed by atoms with van der Waals surface area (Å²) in [5.74, 6) is -0.407. The lowest BCUT2D eigenvalue weighted by Gasteiger charge is -2.32. The van der Waals surface area contributed by atoms with Crippen LogP contribution in [-0.4, -0.2) is 61.1 Å². The molecule has 32 heavy (non-hydrogen) atoms. The Morgan fingerprint density at radius 3 is 2.22 bits per heavy atom. The summed E-state index contributed by atoms with van der Waals surface area (Å²) in [4.78, 5) is 26.5. The fourth-order valence-corrected chi connectivity index (χ4v) is 3.65. The normalized spacial score (nSPS) is 20.1. The van der Waals surface area contributed by atoms with Crippen molar-refractivity contribution < 1.29 is 28.4 Å². The molecule has 2 aliphatic heterocycles. The molecule has 0 aliphatic carbocycles. The van der Waals surface area contributed by atoms with Gasteiger partial charge in [0.2, 0.25) is 0 Å². The molecule has 1 fully saturated rings. The predicted molar refractivity (Wildman–Crippen MR) is 124 cm³/mol. The molecule has 2 heterocycles. The number of hydrogen-bond donors (Lipinski definition) is 0. The van der Waals surface area contributed by atoms with Gasteiger partial charge in [0.1, 0.15) is 5.60 Å². The van der Waals surface area contributed by atoms with E-state index in [0.717, 1.165) is 16.6 Å². The van der Waals surface area contributed by atoms with Crippen LogP contribution >= 0.6 is 0 Å². The maximum absolute atomic E-state index is 12.4. The van der Waals surface area contributed by atoms with Crippen molar-refractivity contribution in [1.82, 2.24) is 4.90 Å². The van der Waals surface area contributed by atoms with E-state index in [1.165, 1.54) is 7.11 Å². The van der Waals surface area contributed by atoms with Crippen LogP contribution in [0, 0.1) is 0 Å². The zero-order chi connectivity index (χ0) is 23.9. The number of amides is 1. The van der Waals surface area contributed by atoms with Crippen LogP contribution in [-0.2, 0) is 18.8 Å². The number of nitrogens with zero attached hydrogens (tertiary/aromatic N) is 1. The molecule has 1 saturated heterocycles. The Hall–Kier alpha value is -2.32. The van der Waals surface area contributed by atoms with E-state index in [9.17, 15) is 9.59 Å². The number of rotatable bonds is 3. The maximum atomic E-state index is 12.4. The molecule has 1 aromatic carbocycles. The average molecular weight is 443 g/mol. The average Bonchev–Trinajstić information content (AvgIpc) is 2.93. The van der Waals surface area contributed by atoms with E-state index < -0.39 is 29.9 Å². The highest BCUT2D eigenvalue weighted by Gasteiger charge is 2.51. The number of carbonyl (C=O) groups is 2. The third-order valence-electron chi connectivity index (χ3n) is 6.18. The summed E-state index contributed by atoms with van der Waals surface area (Å²) in [6, 6.07) is 5.53. The highest BCUT2D eigenvalue weighted by atomic mass is 16.7. The standard InChI is InChI=1S/C24H34BNO6/c1-22(2,3)30-21(28)26-13-11-16(12-14-26)19-15-17(9-10-18(19)20(27)29-8)25-31-23(4,5)24(6,7)32-25/h9-11,15H,12-14H2,1-8H3. The van der Waals surface area contributed by atoms with Crippen molar-refractivity contribution in [2.75, 3.05) is 20.2 Å². The molecular weight excluding hydrogens is 409 g/mol. The molecule has 1 aromatic rings. The lowest BCUT2D eigenvalue weighted by molar-refractivity contribution is 0.00578. The van der Waals surface area contributed by atoms with Gasteiger partial charge in [0.15, 0.2) is 0 Å². The van der Waals surface area contributed by atoms with E-state index in [0.29, 0.717) is 25.1 Å². The summed E-state index contributed by atoms with van der Waals surface area (Å²) in [6.45, 7) is 14.5. The van der Waals surface area contributed by atoms with E-state index in [1.807, 2.05) is 66.7 Å². The van der Waals surface area contributed by atoms with Crippen LogP contribution in [0.2, 0.25) is 0 Å². The molecule has 0 spiro atoms. The number of ether oxygens (including phenoxy) is 2. The molecule has 2 aliphatic rings. The lowest BCUT2D eigenvalue weighted by atomic mass is 9.76. The smallest absolute Gasteiger partial charge is 0.465 e. The topological polar surface area (TPSA) is 74.3 Å². The Morgan fingerprint density at radius 2 is 1.72 bits per heavy atom. The molecular formula is C24H34BNO6. The highest BCUT2D eigenvalue weighted by molar-refractivity contribution is 6.62. The fraction of sp³-hybridized carbons (Fsp3) is 0.583. The molecule has 0 unspecified atom stereocenters. The summed E-state index contributed by atoms with van der Waals surface area (Å²) < 4.78 is 22.8. The van der Waals surface area contributed by atoms with Crippen molar-refractivity contribution in [3.63, 3.8) is 0 Å². The van der Waals surface area contributed by atoms with Gasteiger partial charge in [-0.05, 0) is 77.6 Å². The van der Waals surface area contributed by atoms with Crippen LogP contribution in [0.3, 0.4) is 0 Å². The minimum atomic E-state index is -0.545. The quantitative estimate of drug-likeness (QED) is 0.523. The first-order valence-electron chi connectivity index (χ1n) is 11.0. The molecule has 7 nitrogen and oxygen atoms in total. The van der Waals surface area contributed by atoms with Crippen LogP contribution in [0.4, 0.5) is 4.79 Å². The van der Waals surface area contributed by atoms with Crippen LogP contribution in [0.1, 0.15) is 70.8 Å². The second kappa shape index (κ2) is 8.56. The molecule has 0 saturated carbocycles. The van der Waals surface area contributed by atoms with Crippen LogP contribution in [0.25, 0.3) is 5.57 Å². The fourth-order valence-electron chi connectivity index (χ4n) is 3.65. The van der Waals surface area contributed by atoms with Gasteiger partial charge in [0.05, 0.1) is 23.9 Å². The zero-order valence-electron chi connectivity index (χ0n) is 20.4. The van der Waals surface area contributed by atoms with Crippen LogP contribution in [0.15, 0.2) is 24.3 Å². The van der Waals surface area contributed by atoms with Gasteiger partial charge < -0.3 is 23.7 Å². The van der Waals surface area contributed by atoms with Crippen molar-refractivity contribution in [2.45, 2.75) is 71.7 Å². The van der Waals surface area contributed by atoms with E-state index in [-0.39, 0.29) is 6.09 Å². The summed E-state index contributed by atoms with van der Waals surface area (Å²) in [5, 5.41) is 0. The van der Waals surface area contributed by atoms with Gasteiger partial charge in [-0.25, -0.2) is 9.59 Å².